The van der Waals surface area contributed by atoms with E-state index in [0.717, 1.165) is 16.7 Å². The molecule has 0 aliphatic heterocycles. The third-order valence-electron chi connectivity index (χ3n) is 4.33. The Bertz CT molecular complexity index is 1040. The lowest BCUT2D eigenvalue weighted by molar-refractivity contribution is 0.0636. The quantitative estimate of drug-likeness (QED) is 0.664. The van der Waals surface area contributed by atoms with E-state index in [0.29, 0.717) is 17.8 Å². The maximum Gasteiger partial charge on any atom is 0.412 e. The molecule has 0 fully saturated rings. The highest BCUT2D eigenvalue weighted by Crippen LogP contribution is 2.17. The van der Waals surface area contributed by atoms with Crippen LogP contribution in [0.15, 0.2) is 71.7 Å². The molecule has 0 spiro atoms. The molecule has 150 valence electrons. The van der Waals surface area contributed by atoms with Crippen LogP contribution in [0, 0.1) is 6.92 Å². The monoisotopic (exact) mass is 390 g/mol. The van der Waals surface area contributed by atoms with Gasteiger partial charge in [-0.1, -0.05) is 42.0 Å². The number of carbonyl (C=O) groups is 1. The molecule has 1 amide bonds. The number of aryl methyl sites for hydroxylation is 1. The lowest BCUT2D eigenvalue weighted by Crippen LogP contribution is -2.27. The number of hydrogen-bond acceptors (Lipinski definition) is 3. The van der Waals surface area contributed by atoms with Gasteiger partial charge in [-0.15, -0.1) is 0 Å². The van der Waals surface area contributed by atoms with Crippen molar-refractivity contribution in [3.05, 3.63) is 88.3 Å². The van der Waals surface area contributed by atoms with Crippen LogP contribution >= 0.6 is 0 Å². The van der Waals surface area contributed by atoms with Gasteiger partial charge in [-0.25, -0.2) is 4.79 Å². The van der Waals surface area contributed by atoms with Crippen LogP contribution in [-0.4, -0.2) is 16.3 Å². The average molecular weight is 390 g/mol. The molecular formula is C24H26N2O3. The highest BCUT2D eigenvalue weighted by atomic mass is 16.6. The molecular weight excluding hydrogens is 364 g/mol. The van der Waals surface area contributed by atoms with Crippen LogP contribution in [0.4, 0.5) is 10.5 Å². The number of nitrogens with zero attached hydrogens (tertiary/aromatic N) is 1. The molecule has 0 atom stereocenters. The van der Waals surface area contributed by atoms with Crippen LogP contribution in [0.25, 0.3) is 11.1 Å². The largest absolute Gasteiger partial charge is 0.444 e. The first kappa shape index (κ1) is 20.4. The Morgan fingerprint density at radius 2 is 1.66 bits per heavy atom. The molecule has 29 heavy (non-hydrogen) atoms. The van der Waals surface area contributed by atoms with Gasteiger partial charge < -0.3 is 9.30 Å². The highest BCUT2D eigenvalue weighted by molar-refractivity contribution is 5.84. The summed E-state index contributed by atoms with van der Waals surface area (Å²) in [6, 6.07) is 19.0. The van der Waals surface area contributed by atoms with Crippen LogP contribution in [0.1, 0.15) is 31.9 Å². The zero-order valence-corrected chi connectivity index (χ0v) is 17.2. The second-order valence-electron chi connectivity index (χ2n) is 8.04. The molecule has 5 nitrogen and oxygen atoms in total. The summed E-state index contributed by atoms with van der Waals surface area (Å²) in [5.74, 6) is 0. The zero-order chi connectivity index (χ0) is 21.0. The van der Waals surface area contributed by atoms with Crippen molar-refractivity contribution >= 4 is 11.8 Å². The second-order valence-corrected chi connectivity index (χ2v) is 8.04. The minimum Gasteiger partial charge on any atom is -0.444 e. The van der Waals surface area contributed by atoms with Crippen molar-refractivity contribution < 1.29 is 9.53 Å². The van der Waals surface area contributed by atoms with Crippen molar-refractivity contribution in [1.82, 2.24) is 4.57 Å². The first-order chi connectivity index (χ1) is 13.7. The predicted molar refractivity (Wildman–Crippen MR) is 116 cm³/mol. The fraction of sp³-hybridized carbons (Fsp3) is 0.250. The summed E-state index contributed by atoms with van der Waals surface area (Å²) in [5.41, 5.74) is 3.76. The minimum atomic E-state index is -0.548. The summed E-state index contributed by atoms with van der Waals surface area (Å²) in [6.45, 7) is 7.92. The lowest BCUT2D eigenvalue weighted by atomic mass is 10.1. The van der Waals surface area contributed by atoms with Gasteiger partial charge >= 0.3 is 6.09 Å². The maximum absolute atomic E-state index is 12.9. The van der Waals surface area contributed by atoms with Crippen LogP contribution in [0.2, 0.25) is 0 Å². The SMILES string of the molecule is Cc1ccc(-c2cccn(Cc3ccc(NC(=O)OC(C)(C)C)cc3)c2=O)cc1. The molecule has 5 heteroatoms. The van der Waals surface area contributed by atoms with Gasteiger partial charge in [0.05, 0.1) is 6.54 Å². The second kappa shape index (κ2) is 8.35. The van der Waals surface area contributed by atoms with Crippen molar-refractivity contribution in [1.29, 1.82) is 0 Å². The molecule has 0 radical (unpaired) electrons. The molecule has 3 aromatic rings. The Kier molecular flexibility index (Phi) is 5.87. The number of benzene rings is 2. The van der Waals surface area contributed by atoms with Gasteiger partial charge in [0.1, 0.15) is 5.60 Å². The zero-order valence-electron chi connectivity index (χ0n) is 17.2. The standard InChI is InChI=1S/C24H26N2O3/c1-17-7-11-19(12-8-17)21-6-5-15-26(22(21)27)16-18-9-13-20(14-10-18)25-23(28)29-24(2,3)4/h5-15H,16H2,1-4H3,(H,25,28). The molecule has 1 aromatic heterocycles. The Morgan fingerprint density at radius 1 is 1.00 bits per heavy atom. The first-order valence-corrected chi connectivity index (χ1v) is 9.57. The number of aromatic nitrogens is 1. The predicted octanol–water partition coefficient (Wildman–Crippen LogP) is 5.22. The van der Waals surface area contributed by atoms with Crippen LogP contribution < -0.4 is 10.9 Å². The Morgan fingerprint density at radius 3 is 2.28 bits per heavy atom. The summed E-state index contributed by atoms with van der Waals surface area (Å²) in [7, 11) is 0. The van der Waals surface area contributed by atoms with Crippen molar-refractivity contribution in [3.63, 3.8) is 0 Å². The summed E-state index contributed by atoms with van der Waals surface area (Å²) in [4.78, 5) is 24.8. The summed E-state index contributed by atoms with van der Waals surface area (Å²) < 4.78 is 6.94. The lowest BCUT2D eigenvalue weighted by Gasteiger charge is -2.19. The molecule has 1 heterocycles. The number of anilines is 1. The number of ether oxygens (including phenoxy) is 1. The molecule has 1 N–H and O–H groups in total. The topological polar surface area (TPSA) is 60.3 Å². The summed E-state index contributed by atoms with van der Waals surface area (Å²) in [5, 5.41) is 2.71. The first-order valence-electron chi connectivity index (χ1n) is 9.57. The van der Waals surface area contributed by atoms with E-state index in [-0.39, 0.29) is 5.56 Å². The molecule has 0 aliphatic rings. The van der Waals surface area contributed by atoms with Gasteiger partial charge in [0, 0.05) is 17.4 Å². The smallest absolute Gasteiger partial charge is 0.412 e. The number of nitrogens with one attached hydrogen (secondary N) is 1. The van der Waals surface area contributed by atoms with E-state index in [2.05, 4.69) is 5.32 Å². The van der Waals surface area contributed by atoms with E-state index >= 15 is 0 Å². The number of hydrogen-bond donors (Lipinski definition) is 1. The third kappa shape index (κ3) is 5.57. The molecule has 0 saturated carbocycles. The van der Waals surface area contributed by atoms with Gasteiger partial charge in [0.15, 0.2) is 0 Å². The number of rotatable bonds is 4. The van der Waals surface area contributed by atoms with Crippen molar-refractivity contribution in [2.24, 2.45) is 0 Å². The Hall–Kier alpha value is -3.34. The summed E-state index contributed by atoms with van der Waals surface area (Å²) >= 11 is 0. The van der Waals surface area contributed by atoms with Gasteiger partial charge in [-0.2, -0.15) is 0 Å². The van der Waals surface area contributed by atoms with E-state index in [9.17, 15) is 9.59 Å². The normalized spacial score (nSPS) is 11.2. The maximum atomic E-state index is 12.9. The van der Waals surface area contributed by atoms with Crippen LogP contribution in [0.5, 0.6) is 0 Å². The van der Waals surface area contributed by atoms with Crippen LogP contribution in [-0.2, 0) is 11.3 Å². The molecule has 0 saturated heterocycles. The van der Waals surface area contributed by atoms with Crippen molar-refractivity contribution in [2.75, 3.05) is 5.32 Å². The van der Waals surface area contributed by atoms with Gasteiger partial charge in [-0.05, 0) is 63.1 Å². The fourth-order valence-corrected chi connectivity index (χ4v) is 2.93. The minimum absolute atomic E-state index is 0.0349. The Labute approximate surface area is 171 Å². The molecule has 0 unspecified atom stereocenters. The Balaban J connectivity index is 1.74. The van der Waals surface area contributed by atoms with Crippen LogP contribution in [0.3, 0.4) is 0 Å². The molecule has 0 aliphatic carbocycles. The number of carbonyl (C=O) groups excluding carboxylic acids is 1. The fourth-order valence-electron chi connectivity index (χ4n) is 2.93. The highest BCUT2D eigenvalue weighted by Gasteiger charge is 2.16. The van der Waals surface area contributed by atoms with Crippen molar-refractivity contribution in [2.45, 2.75) is 39.8 Å². The molecule has 3 rings (SSSR count). The van der Waals surface area contributed by atoms with E-state index in [1.165, 1.54) is 0 Å². The molecule has 0 bridgehead atoms. The van der Waals surface area contributed by atoms with Gasteiger partial charge in [0.25, 0.3) is 5.56 Å². The van der Waals surface area contributed by atoms with E-state index in [1.54, 1.807) is 22.9 Å². The van der Waals surface area contributed by atoms with E-state index in [4.69, 9.17) is 4.74 Å². The van der Waals surface area contributed by atoms with Gasteiger partial charge in [0.2, 0.25) is 0 Å². The van der Waals surface area contributed by atoms with E-state index in [1.807, 2.05) is 76.2 Å². The number of pyridine rings is 1. The average Bonchev–Trinajstić information content (AvgIpc) is 2.64. The third-order valence-corrected chi connectivity index (χ3v) is 4.33. The van der Waals surface area contributed by atoms with Crippen molar-refractivity contribution in [3.8, 4) is 11.1 Å². The van der Waals surface area contributed by atoms with Gasteiger partial charge in [-0.3, -0.25) is 10.1 Å². The number of amides is 1. The van der Waals surface area contributed by atoms with E-state index < -0.39 is 11.7 Å². The summed E-state index contributed by atoms with van der Waals surface area (Å²) in [6.07, 6.45) is 1.29. The molecule has 2 aromatic carbocycles.